The lowest BCUT2D eigenvalue weighted by Gasteiger charge is -2.20. The van der Waals surface area contributed by atoms with Crippen molar-refractivity contribution in [2.75, 3.05) is 12.8 Å². The summed E-state index contributed by atoms with van der Waals surface area (Å²) >= 11 is 0.975. The van der Waals surface area contributed by atoms with Crippen molar-refractivity contribution in [3.8, 4) is 11.5 Å². The highest BCUT2D eigenvalue weighted by atomic mass is 32.2. The number of hydrogen-bond acceptors (Lipinski definition) is 7. The second-order valence-corrected chi connectivity index (χ2v) is 7.20. The van der Waals surface area contributed by atoms with Crippen LogP contribution in [0.5, 0.6) is 11.5 Å². The number of nitrogens with one attached hydrogen (secondary N) is 1. The number of thioether (sulfide) groups is 1. The van der Waals surface area contributed by atoms with Crippen molar-refractivity contribution in [1.82, 2.24) is 5.09 Å². The topological polar surface area (TPSA) is 108 Å². The number of rotatable bonds is 8. The Kier molecular flexibility index (Phi) is 6.58. The summed E-state index contributed by atoms with van der Waals surface area (Å²) in [6, 6.07) is 13.4. The quantitative estimate of drug-likeness (QED) is 0.419. The largest absolute Gasteiger partial charge is 0.513 e. The van der Waals surface area contributed by atoms with Crippen LogP contribution in [-0.4, -0.2) is 22.8 Å². The van der Waals surface area contributed by atoms with E-state index in [0.29, 0.717) is 0 Å². The van der Waals surface area contributed by atoms with Crippen LogP contribution in [0.4, 0.5) is 5.69 Å². The number of nitro groups is 1. The average molecular weight is 382 g/mol. The number of hydrogen-bond donors (Lipinski definition) is 1. The number of carbonyl (C=O) groups is 1. The Morgan fingerprint density at radius 2 is 1.68 bits per heavy atom. The highest BCUT2D eigenvalue weighted by Gasteiger charge is 2.29. The summed E-state index contributed by atoms with van der Waals surface area (Å²) in [5.41, 5.74) is -0.128. The van der Waals surface area contributed by atoms with Crippen LogP contribution >= 0.6 is 19.5 Å². The molecule has 0 aromatic heterocycles. The van der Waals surface area contributed by atoms with Gasteiger partial charge in [-0.25, -0.2) is 4.57 Å². The molecular weight excluding hydrogens is 367 g/mol. The third-order valence-electron chi connectivity index (χ3n) is 2.89. The molecule has 0 aliphatic rings. The maximum absolute atomic E-state index is 12.9. The van der Waals surface area contributed by atoms with E-state index in [0.717, 1.165) is 11.8 Å². The Morgan fingerprint density at radius 1 is 1.12 bits per heavy atom. The third-order valence-corrected chi connectivity index (χ3v) is 4.93. The second-order valence-electron chi connectivity index (χ2n) is 4.66. The first-order chi connectivity index (χ1) is 11.9. The molecule has 10 heteroatoms. The van der Waals surface area contributed by atoms with Crippen molar-refractivity contribution in [3.05, 3.63) is 64.7 Å². The highest BCUT2D eigenvalue weighted by Crippen LogP contribution is 2.44. The van der Waals surface area contributed by atoms with Gasteiger partial charge in [-0.1, -0.05) is 30.0 Å². The first-order valence-electron chi connectivity index (χ1n) is 7.02. The van der Waals surface area contributed by atoms with Crippen molar-refractivity contribution in [1.29, 1.82) is 0 Å². The molecular formula is C15H15N2O6PS. The fraction of sp³-hybridized carbons (Fsp3) is 0.133. The molecule has 2 rings (SSSR count). The van der Waals surface area contributed by atoms with Crippen LogP contribution in [0.3, 0.4) is 0 Å². The van der Waals surface area contributed by atoms with E-state index in [2.05, 4.69) is 5.09 Å². The van der Waals surface area contributed by atoms with E-state index >= 15 is 0 Å². The van der Waals surface area contributed by atoms with Gasteiger partial charge in [0.25, 0.3) is 5.69 Å². The van der Waals surface area contributed by atoms with Crippen LogP contribution in [0.2, 0.25) is 0 Å². The van der Waals surface area contributed by atoms with Gasteiger partial charge in [-0.15, -0.1) is 0 Å². The van der Waals surface area contributed by atoms with Gasteiger partial charge in [0.15, 0.2) is 0 Å². The van der Waals surface area contributed by atoms with Gasteiger partial charge in [0, 0.05) is 12.1 Å². The maximum Gasteiger partial charge on any atom is 0.513 e. The van der Waals surface area contributed by atoms with Gasteiger partial charge in [0.2, 0.25) is 5.12 Å². The summed E-state index contributed by atoms with van der Waals surface area (Å²) in [5.74, 6) is 0.394. The van der Waals surface area contributed by atoms with Crippen molar-refractivity contribution in [3.63, 3.8) is 0 Å². The van der Waals surface area contributed by atoms with Gasteiger partial charge in [0.05, 0.1) is 11.5 Å². The summed E-state index contributed by atoms with van der Waals surface area (Å²) in [4.78, 5) is 21.6. The Hall–Kier alpha value is -2.35. The molecule has 132 valence electrons. The number of para-hydroxylation sites is 1. The fourth-order valence-corrected chi connectivity index (χ4v) is 3.33. The molecule has 0 amide bonds. The number of non-ortho nitro benzene ring substituents is 1. The lowest BCUT2D eigenvalue weighted by Crippen LogP contribution is -2.23. The van der Waals surface area contributed by atoms with Gasteiger partial charge < -0.3 is 9.05 Å². The molecule has 0 heterocycles. The van der Waals surface area contributed by atoms with Crippen molar-refractivity contribution < 1.29 is 23.3 Å². The lowest BCUT2D eigenvalue weighted by atomic mass is 10.3. The average Bonchev–Trinajstić information content (AvgIpc) is 2.61. The monoisotopic (exact) mass is 382 g/mol. The molecule has 0 aliphatic carbocycles. The Morgan fingerprint density at radius 3 is 2.20 bits per heavy atom. The van der Waals surface area contributed by atoms with Crippen LogP contribution < -0.4 is 14.1 Å². The van der Waals surface area contributed by atoms with Crippen LogP contribution in [-0.2, 0) is 9.36 Å². The molecule has 2 aromatic rings. The van der Waals surface area contributed by atoms with Crippen LogP contribution in [0.15, 0.2) is 54.6 Å². The van der Waals surface area contributed by atoms with E-state index in [9.17, 15) is 19.5 Å². The standard InChI is InChI=1S/C15H15N2O6PS/c1-25-15(18)11-16-24(21,22-13-5-3-2-4-6-13)23-14-9-7-12(8-10-14)17(19)20/h2-10H,11H2,1H3,(H,16,21). The maximum atomic E-state index is 12.9. The van der Waals surface area contributed by atoms with Gasteiger partial charge >= 0.3 is 7.75 Å². The van der Waals surface area contributed by atoms with E-state index in [-0.39, 0.29) is 28.8 Å². The molecule has 0 saturated carbocycles. The second kappa shape index (κ2) is 8.66. The Balaban J connectivity index is 2.19. The number of benzene rings is 2. The molecule has 8 nitrogen and oxygen atoms in total. The van der Waals surface area contributed by atoms with Crippen LogP contribution in [0.1, 0.15) is 0 Å². The minimum atomic E-state index is -3.92. The first kappa shape index (κ1) is 19.0. The molecule has 0 spiro atoms. The molecule has 0 aliphatic heterocycles. The zero-order valence-corrected chi connectivity index (χ0v) is 14.9. The van der Waals surface area contributed by atoms with Gasteiger partial charge in [-0.05, 0) is 30.5 Å². The van der Waals surface area contributed by atoms with Crippen LogP contribution in [0, 0.1) is 10.1 Å². The summed E-state index contributed by atoms with van der Waals surface area (Å²) < 4.78 is 23.7. The van der Waals surface area contributed by atoms with Crippen molar-refractivity contribution >= 4 is 30.3 Å². The summed E-state index contributed by atoms with van der Waals surface area (Å²) in [6.45, 7) is -0.224. The zero-order chi connectivity index (χ0) is 18.3. The predicted octanol–water partition coefficient (Wildman–Crippen LogP) is 3.64. The van der Waals surface area contributed by atoms with E-state index in [1.807, 2.05) is 0 Å². The van der Waals surface area contributed by atoms with Gasteiger partial charge in [0.1, 0.15) is 11.5 Å². The zero-order valence-electron chi connectivity index (χ0n) is 13.2. The normalized spacial score (nSPS) is 12.8. The minimum absolute atomic E-state index is 0.106. The van der Waals surface area contributed by atoms with Gasteiger partial charge in [-0.3, -0.25) is 14.9 Å². The number of nitro benzene ring substituents is 1. The van der Waals surface area contributed by atoms with E-state index in [4.69, 9.17) is 9.05 Å². The SMILES string of the molecule is CSC(=O)CNP(=O)(Oc1ccccc1)Oc1ccc([N+](=O)[O-])cc1. The molecule has 1 N–H and O–H groups in total. The smallest absolute Gasteiger partial charge is 0.405 e. The van der Waals surface area contributed by atoms with E-state index < -0.39 is 12.7 Å². The molecule has 0 saturated heterocycles. The number of nitrogens with zero attached hydrogens (tertiary/aromatic N) is 1. The minimum Gasteiger partial charge on any atom is -0.405 e. The molecule has 2 aromatic carbocycles. The summed E-state index contributed by atoms with van der Waals surface area (Å²) in [5, 5.41) is 12.9. The van der Waals surface area contributed by atoms with E-state index in [1.165, 1.54) is 24.3 Å². The van der Waals surface area contributed by atoms with Crippen molar-refractivity contribution in [2.45, 2.75) is 0 Å². The predicted molar refractivity (Wildman–Crippen MR) is 94.9 cm³/mol. The van der Waals surface area contributed by atoms with Crippen molar-refractivity contribution in [2.24, 2.45) is 0 Å². The lowest BCUT2D eigenvalue weighted by molar-refractivity contribution is -0.384. The van der Waals surface area contributed by atoms with E-state index in [1.54, 1.807) is 36.6 Å². The fourth-order valence-electron chi connectivity index (χ4n) is 1.70. The summed E-state index contributed by atoms with van der Waals surface area (Å²) in [7, 11) is -3.92. The number of carbonyl (C=O) groups excluding carboxylic acids is 1. The summed E-state index contributed by atoms with van der Waals surface area (Å²) in [6.07, 6.45) is 1.60. The molecule has 25 heavy (non-hydrogen) atoms. The highest BCUT2D eigenvalue weighted by molar-refractivity contribution is 8.13. The molecule has 0 fully saturated rings. The Labute approximate surface area is 148 Å². The third kappa shape index (κ3) is 5.90. The van der Waals surface area contributed by atoms with Gasteiger partial charge in [-0.2, -0.15) is 5.09 Å². The van der Waals surface area contributed by atoms with Crippen LogP contribution in [0.25, 0.3) is 0 Å². The Bertz CT molecular complexity index is 784. The molecule has 1 unspecified atom stereocenters. The molecule has 0 bridgehead atoms. The first-order valence-corrected chi connectivity index (χ1v) is 9.79. The molecule has 1 atom stereocenters. The molecule has 0 radical (unpaired) electrons.